The van der Waals surface area contributed by atoms with Crippen LogP contribution in [0.4, 0.5) is 0 Å². The van der Waals surface area contributed by atoms with Crippen molar-refractivity contribution in [3.8, 4) is 28.9 Å². The second-order valence-corrected chi connectivity index (χ2v) is 15.8. The number of benzene rings is 1. The van der Waals surface area contributed by atoms with E-state index in [9.17, 15) is 22.8 Å². The minimum atomic E-state index is -3.92. The summed E-state index contributed by atoms with van der Waals surface area (Å²) in [6.45, 7) is 2.15. The third-order valence-electron chi connectivity index (χ3n) is 10.1. The molecule has 3 fully saturated rings. The Morgan fingerprint density at radius 3 is 2.56 bits per heavy atom. The minimum absolute atomic E-state index is 0.0892. The number of sulfonamides is 1. The van der Waals surface area contributed by atoms with Crippen molar-refractivity contribution in [3.63, 3.8) is 0 Å². The molecule has 0 saturated heterocycles. The fourth-order valence-corrected chi connectivity index (χ4v) is 7.96. The van der Waals surface area contributed by atoms with Crippen molar-refractivity contribution in [1.29, 1.82) is 0 Å². The Morgan fingerprint density at radius 1 is 1.06 bits per heavy atom. The zero-order valence-corrected chi connectivity index (χ0v) is 28.5. The van der Waals surface area contributed by atoms with Crippen molar-refractivity contribution in [2.24, 2.45) is 17.8 Å². The smallest absolute Gasteiger partial charge is 0.320 e. The van der Waals surface area contributed by atoms with E-state index in [-0.39, 0.29) is 43.0 Å². The Kier molecular flexibility index (Phi) is 9.14. The van der Waals surface area contributed by atoms with Crippen molar-refractivity contribution in [3.05, 3.63) is 42.5 Å². The third kappa shape index (κ3) is 6.71. The van der Waals surface area contributed by atoms with Gasteiger partial charge in [-0.25, -0.2) is 8.42 Å². The molecule has 0 spiro atoms. The molecule has 0 radical (unpaired) electrons. The highest BCUT2D eigenvalue weighted by Crippen LogP contribution is 2.48. The molecule has 2 heterocycles. The van der Waals surface area contributed by atoms with E-state index >= 15 is 0 Å². The Bertz CT molecular complexity index is 1730. The molecule has 2 aromatic rings. The van der Waals surface area contributed by atoms with Crippen molar-refractivity contribution < 1.29 is 37.0 Å². The Morgan fingerprint density at radius 2 is 1.83 bits per heavy atom. The van der Waals surface area contributed by atoms with Crippen molar-refractivity contribution in [1.82, 2.24) is 24.9 Å². The Labute approximate surface area is 280 Å². The van der Waals surface area contributed by atoms with Gasteiger partial charge in [-0.15, -0.1) is 0 Å². The number of fused-ring (bicyclic) bond motifs is 2. The Hall–Kier alpha value is -4.20. The van der Waals surface area contributed by atoms with Gasteiger partial charge in [-0.1, -0.05) is 24.3 Å². The van der Waals surface area contributed by atoms with Gasteiger partial charge in [0.25, 0.3) is 5.91 Å². The maximum atomic E-state index is 14.1. The van der Waals surface area contributed by atoms with Crippen LogP contribution in [-0.4, -0.2) is 85.2 Å². The van der Waals surface area contributed by atoms with Gasteiger partial charge < -0.3 is 24.4 Å². The van der Waals surface area contributed by atoms with Crippen LogP contribution in [0.5, 0.6) is 17.6 Å². The maximum absolute atomic E-state index is 14.1. The van der Waals surface area contributed by atoms with Crippen LogP contribution in [0.3, 0.4) is 0 Å². The molecule has 258 valence electrons. The van der Waals surface area contributed by atoms with Gasteiger partial charge in [-0.05, 0) is 70.4 Å². The first kappa shape index (κ1) is 33.7. The average molecular weight is 682 g/mol. The molecule has 1 aromatic heterocycles. The third-order valence-corrected chi connectivity index (χ3v) is 12.3. The van der Waals surface area contributed by atoms with Crippen LogP contribution in [0.2, 0.25) is 0 Å². The largest absolute Gasteiger partial charge is 0.497 e. The predicted molar refractivity (Wildman–Crippen MR) is 176 cm³/mol. The summed E-state index contributed by atoms with van der Waals surface area (Å²) in [6.07, 6.45) is 7.29. The lowest BCUT2D eigenvalue weighted by molar-refractivity contribution is -0.140. The summed E-state index contributed by atoms with van der Waals surface area (Å²) in [4.78, 5) is 52.0. The molecule has 1 aromatic carbocycles. The zero-order chi connectivity index (χ0) is 34.3. The summed E-state index contributed by atoms with van der Waals surface area (Å²) in [5, 5.41) is 2.92. The normalized spacial score (nSPS) is 29.0. The first-order valence-corrected chi connectivity index (χ1v) is 17.9. The molecule has 48 heavy (non-hydrogen) atoms. The number of nitrogens with zero attached hydrogens (tertiary/aromatic N) is 3. The first-order chi connectivity index (χ1) is 22.9. The van der Waals surface area contributed by atoms with Gasteiger partial charge in [0, 0.05) is 31.1 Å². The van der Waals surface area contributed by atoms with Crippen LogP contribution in [0.25, 0.3) is 11.3 Å². The molecule has 3 amide bonds. The second-order valence-electron chi connectivity index (χ2n) is 13.6. The van der Waals surface area contributed by atoms with Crippen LogP contribution in [0.1, 0.15) is 58.3 Å². The van der Waals surface area contributed by atoms with Crippen molar-refractivity contribution in [2.45, 2.75) is 74.7 Å². The van der Waals surface area contributed by atoms with Crippen LogP contribution < -0.4 is 24.2 Å². The molecular weight excluding hydrogens is 638 g/mol. The van der Waals surface area contributed by atoms with Gasteiger partial charge in [-0.3, -0.25) is 19.1 Å². The fourth-order valence-electron chi connectivity index (χ4n) is 6.65. The molecular formula is C34H43N5O8S. The number of hydrogen-bond donors (Lipinski definition) is 2. The lowest BCUT2D eigenvalue weighted by Gasteiger charge is -2.27. The van der Waals surface area contributed by atoms with E-state index in [0.29, 0.717) is 30.8 Å². The van der Waals surface area contributed by atoms with Crippen LogP contribution in [-0.2, 0) is 24.4 Å². The molecule has 5 atom stereocenters. The predicted octanol–water partition coefficient (Wildman–Crippen LogP) is 3.01. The number of methoxy groups -OCH3 is 2. The molecule has 6 rings (SSSR count). The van der Waals surface area contributed by atoms with E-state index in [1.165, 1.54) is 7.11 Å². The number of carbonyl (C=O) groups excluding carboxylic acids is 3. The lowest BCUT2D eigenvalue weighted by Crippen LogP contribution is -2.55. The number of ether oxygens (including phenoxy) is 3. The summed E-state index contributed by atoms with van der Waals surface area (Å²) in [5.74, 6) is -2.43. The van der Waals surface area contributed by atoms with Gasteiger partial charge in [0.2, 0.25) is 27.7 Å². The SMILES string of the molecule is COc1cccc(-c2cc(O[C@@H]3C[C@H]4C(=O)N[C@]5(C(=O)NS(=O)(=O)C6(C)CC6)C[C@H]5/C=C\CCCCN(C)C(=O)[C@@H]4C3)nc(OC)n2)c1. The molecule has 4 aliphatic rings. The number of carbonyl (C=O) groups is 3. The van der Waals surface area contributed by atoms with Crippen molar-refractivity contribution >= 4 is 27.7 Å². The number of hydrogen-bond acceptors (Lipinski definition) is 10. The molecule has 0 unspecified atom stereocenters. The zero-order valence-electron chi connectivity index (χ0n) is 27.7. The van der Waals surface area contributed by atoms with E-state index < -0.39 is 50.1 Å². The quantitative estimate of drug-likeness (QED) is 0.396. The highest BCUT2D eigenvalue weighted by molar-refractivity contribution is 7.91. The van der Waals surface area contributed by atoms with E-state index in [0.717, 1.165) is 24.8 Å². The van der Waals surface area contributed by atoms with Crippen molar-refractivity contribution in [2.75, 3.05) is 27.8 Å². The minimum Gasteiger partial charge on any atom is -0.497 e. The summed E-state index contributed by atoms with van der Waals surface area (Å²) in [5.41, 5.74) is -0.123. The van der Waals surface area contributed by atoms with E-state index in [2.05, 4.69) is 20.0 Å². The van der Waals surface area contributed by atoms with Crippen LogP contribution in [0.15, 0.2) is 42.5 Å². The number of aromatic nitrogens is 2. The van der Waals surface area contributed by atoms with Gasteiger partial charge in [0.15, 0.2) is 0 Å². The van der Waals surface area contributed by atoms with Gasteiger partial charge in [0.1, 0.15) is 17.4 Å². The highest BCUT2D eigenvalue weighted by Gasteiger charge is 2.63. The summed E-state index contributed by atoms with van der Waals surface area (Å²) in [7, 11) is 0.844. The van der Waals surface area contributed by atoms with Gasteiger partial charge >= 0.3 is 6.01 Å². The standard InChI is InChI=1S/C34H43N5O8S/c1-33(13-14-33)48(43,44)38-31(42)34-20-22(34)11-7-5-6-8-15-39(2)30(41)26-18-24(17-25(26)29(40)37-34)47-28-19-27(35-32(36-28)46-4)21-10-9-12-23(16-21)45-3/h7,9-12,16,19,22,24-26H,5-6,8,13-15,17-18,20H2,1-4H3,(H,37,40)(H,38,42)/b11-7-/t22-,24-,25-,26-,34-/m1/s1. The number of allylic oxidation sites excluding steroid dienone is 1. The molecule has 1 aliphatic heterocycles. The number of nitrogens with one attached hydrogen (secondary N) is 2. The van der Waals surface area contributed by atoms with E-state index in [1.54, 1.807) is 32.0 Å². The topological polar surface area (TPSA) is 166 Å². The van der Waals surface area contributed by atoms with Gasteiger partial charge in [-0.2, -0.15) is 9.97 Å². The fraction of sp³-hybridized carbons (Fsp3) is 0.559. The summed E-state index contributed by atoms with van der Waals surface area (Å²) in [6, 6.07) is 9.12. The second kappa shape index (κ2) is 13.0. The van der Waals surface area contributed by atoms with Crippen LogP contribution >= 0.6 is 0 Å². The molecule has 14 heteroatoms. The van der Waals surface area contributed by atoms with Gasteiger partial charge in [0.05, 0.1) is 36.5 Å². The monoisotopic (exact) mass is 681 g/mol. The lowest BCUT2D eigenvalue weighted by atomic mass is 9.93. The molecule has 2 N–H and O–H groups in total. The summed E-state index contributed by atoms with van der Waals surface area (Å²) >= 11 is 0. The number of rotatable bonds is 8. The van der Waals surface area contributed by atoms with E-state index in [4.69, 9.17) is 14.2 Å². The summed E-state index contributed by atoms with van der Waals surface area (Å²) < 4.78 is 44.3. The molecule has 3 aliphatic carbocycles. The highest BCUT2D eigenvalue weighted by atomic mass is 32.2. The molecule has 13 nitrogen and oxygen atoms in total. The van der Waals surface area contributed by atoms with E-state index in [1.807, 2.05) is 36.4 Å². The average Bonchev–Trinajstić information content (AvgIpc) is 3.95. The Balaban J connectivity index is 1.26. The first-order valence-electron chi connectivity index (χ1n) is 16.4. The number of amides is 3. The molecule has 0 bridgehead atoms. The van der Waals surface area contributed by atoms with Crippen LogP contribution in [0, 0.1) is 17.8 Å². The maximum Gasteiger partial charge on any atom is 0.320 e. The molecule has 3 saturated carbocycles.